The molecule has 0 aromatic carbocycles. The molecule has 4 nitrogen and oxygen atoms in total. The summed E-state index contributed by atoms with van der Waals surface area (Å²) < 4.78 is 9.62. The van der Waals surface area contributed by atoms with Crippen LogP contribution in [-0.2, 0) is 14.3 Å². The molecule has 14 heavy (non-hydrogen) atoms. The van der Waals surface area contributed by atoms with E-state index in [1.807, 2.05) is 6.92 Å². The third-order valence-corrected chi connectivity index (χ3v) is 2.30. The monoisotopic (exact) mass is 203 g/mol. The minimum absolute atomic E-state index is 0.159. The van der Waals surface area contributed by atoms with Gasteiger partial charge < -0.3 is 9.47 Å². The van der Waals surface area contributed by atoms with Crippen LogP contribution in [0.3, 0.4) is 0 Å². The van der Waals surface area contributed by atoms with Gasteiger partial charge in [-0.2, -0.15) is 0 Å². The Morgan fingerprint density at radius 2 is 2.07 bits per heavy atom. The molecule has 0 rings (SSSR count). The molecule has 4 heteroatoms. The predicted molar refractivity (Wildman–Crippen MR) is 55.2 cm³/mol. The molecule has 0 radical (unpaired) electrons. The molecular formula is C10H21NO3. The normalized spacial score (nSPS) is 12.9. The van der Waals surface area contributed by atoms with E-state index in [0.29, 0.717) is 13.0 Å². The van der Waals surface area contributed by atoms with Crippen molar-refractivity contribution in [2.75, 3.05) is 33.9 Å². The fourth-order valence-electron chi connectivity index (χ4n) is 1.35. The number of hydrogen-bond acceptors (Lipinski definition) is 4. The molecule has 0 aliphatic carbocycles. The van der Waals surface area contributed by atoms with Gasteiger partial charge in [0, 0.05) is 19.7 Å². The maximum Gasteiger partial charge on any atom is 0.307 e. The summed E-state index contributed by atoms with van der Waals surface area (Å²) in [7, 11) is 3.10. The summed E-state index contributed by atoms with van der Waals surface area (Å²) in [5.74, 6) is -0.159. The minimum atomic E-state index is -0.159. The predicted octanol–water partition coefficient (Wildman–Crippen LogP) is 0.906. The van der Waals surface area contributed by atoms with E-state index in [2.05, 4.69) is 16.6 Å². The first-order valence-electron chi connectivity index (χ1n) is 4.95. The molecule has 0 heterocycles. The zero-order chi connectivity index (χ0) is 11.0. The molecule has 0 saturated heterocycles. The van der Waals surface area contributed by atoms with E-state index in [0.717, 1.165) is 13.1 Å². The van der Waals surface area contributed by atoms with Gasteiger partial charge in [-0.3, -0.25) is 9.69 Å². The Hall–Kier alpha value is -0.610. The molecule has 0 spiro atoms. The molecule has 84 valence electrons. The van der Waals surface area contributed by atoms with E-state index < -0.39 is 0 Å². The topological polar surface area (TPSA) is 38.8 Å². The first kappa shape index (κ1) is 13.4. The molecule has 1 atom stereocenters. The van der Waals surface area contributed by atoms with Gasteiger partial charge in [0.1, 0.15) is 0 Å². The molecule has 0 aliphatic heterocycles. The molecular weight excluding hydrogens is 182 g/mol. The van der Waals surface area contributed by atoms with Crippen LogP contribution in [-0.4, -0.2) is 50.8 Å². The minimum Gasteiger partial charge on any atom is -0.469 e. The van der Waals surface area contributed by atoms with Gasteiger partial charge in [-0.15, -0.1) is 0 Å². The van der Waals surface area contributed by atoms with Crippen molar-refractivity contribution >= 4 is 5.97 Å². The van der Waals surface area contributed by atoms with E-state index in [9.17, 15) is 4.79 Å². The quantitative estimate of drug-likeness (QED) is 0.576. The summed E-state index contributed by atoms with van der Waals surface area (Å²) in [4.78, 5) is 13.2. The fraction of sp³-hybridized carbons (Fsp3) is 0.900. The molecule has 0 bridgehead atoms. The van der Waals surface area contributed by atoms with E-state index in [1.165, 1.54) is 7.11 Å². The number of ether oxygens (including phenoxy) is 2. The molecule has 1 unspecified atom stereocenters. The van der Waals surface area contributed by atoms with Crippen LogP contribution < -0.4 is 0 Å². The van der Waals surface area contributed by atoms with Crippen LogP contribution in [0.15, 0.2) is 0 Å². The number of carbonyl (C=O) groups is 1. The number of nitrogens with zero attached hydrogens (tertiary/aromatic N) is 1. The zero-order valence-corrected chi connectivity index (χ0v) is 9.58. The maximum absolute atomic E-state index is 11.0. The zero-order valence-electron chi connectivity index (χ0n) is 9.58. The van der Waals surface area contributed by atoms with Crippen molar-refractivity contribution in [3.8, 4) is 0 Å². The number of esters is 1. The van der Waals surface area contributed by atoms with Gasteiger partial charge in [-0.1, -0.05) is 6.92 Å². The van der Waals surface area contributed by atoms with E-state index in [1.54, 1.807) is 7.11 Å². The molecule has 0 aliphatic rings. The van der Waals surface area contributed by atoms with Crippen molar-refractivity contribution in [3.63, 3.8) is 0 Å². The largest absolute Gasteiger partial charge is 0.469 e. The Morgan fingerprint density at radius 1 is 1.43 bits per heavy atom. The first-order valence-corrected chi connectivity index (χ1v) is 4.95. The molecule has 0 fully saturated rings. The van der Waals surface area contributed by atoms with E-state index >= 15 is 0 Å². The lowest BCUT2D eigenvalue weighted by molar-refractivity contribution is -0.141. The summed E-state index contributed by atoms with van der Waals surface area (Å²) in [6.07, 6.45) is 0.439. The Kier molecular flexibility index (Phi) is 7.42. The van der Waals surface area contributed by atoms with E-state index in [-0.39, 0.29) is 12.0 Å². The lowest BCUT2D eigenvalue weighted by atomic mass is 10.2. The van der Waals surface area contributed by atoms with Crippen LogP contribution in [0, 0.1) is 0 Å². The Bertz CT molecular complexity index is 161. The third-order valence-electron chi connectivity index (χ3n) is 2.30. The number of likely N-dealkylation sites (N-methyl/N-ethyl adjacent to an activating group) is 1. The van der Waals surface area contributed by atoms with Gasteiger partial charge in [0.25, 0.3) is 0 Å². The van der Waals surface area contributed by atoms with Gasteiger partial charge >= 0.3 is 5.97 Å². The first-order chi connectivity index (χ1) is 6.65. The lowest BCUT2D eigenvalue weighted by Crippen LogP contribution is -2.37. The second kappa shape index (κ2) is 7.76. The highest BCUT2D eigenvalue weighted by Gasteiger charge is 2.15. The maximum atomic E-state index is 11.0. The lowest BCUT2D eigenvalue weighted by Gasteiger charge is -2.26. The summed E-state index contributed by atoms with van der Waals surface area (Å²) in [6, 6.07) is 0.211. The van der Waals surface area contributed by atoms with Crippen LogP contribution in [0.1, 0.15) is 20.3 Å². The summed E-state index contributed by atoms with van der Waals surface area (Å²) >= 11 is 0. The Balaban J connectivity index is 3.90. The van der Waals surface area contributed by atoms with Crippen LogP contribution in [0.5, 0.6) is 0 Å². The van der Waals surface area contributed by atoms with Crippen LogP contribution in [0.4, 0.5) is 0 Å². The second-order valence-corrected chi connectivity index (χ2v) is 3.25. The molecule has 0 amide bonds. The van der Waals surface area contributed by atoms with Gasteiger partial charge in [-0.05, 0) is 13.5 Å². The number of hydrogen-bond donors (Lipinski definition) is 0. The van der Waals surface area contributed by atoms with Crippen molar-refractivity contribution < 1.29 is 14.3 Å². The fourth-order valence-corrected chi connectivity index (χ4v) is 1.35. The van der Waals surface area contributed by atoms with Crippen molar-refractivity contribution in [2.45, 2.75) is 26.3 Å². The van der Waals surface area contributed by atoms with Gasteiger partial charge in [-0.25, -0.2) is 0 Å². The Morgan fingerprint density at radius 3 is 2.50 bits per heavy atom. The summed E-state index contributed by atoms with van der Waals surface area (Å²) in [6.45, 7) is 6.56. The molecule has 0 saturated carbocycles. The standard InChI is InChI=1S/C10H21NO3/c1-5-11(6-7-13-3)9(2)8-10(12)14-4/h9H,5-8H2,1-4H3. The highest BCUT2D eigenvalue weighted by atomic mass is 16.5. The highest BCUT2D eigenvalue weighted by Crippen LogP contribution is 2.04. The Labute approximate surface area is 86.2 Å². The van der Waals surface area contributed by atoms with Crippen molar-refractivity contribution in [2.24, 2.45) is 0 Å². The van der Waals surface area contributed by atoms with Crippen molar-refractivity contribution in [1.82, 2.24) is 4.90 Å². The SMILES string of the molecule is CCN(CCOC)C(C)CC(=O)OC. The summed E-state index contributed by atoms with van der Waals surface area (Å²) in [5.41, 5.74) is 0. The van der Waals surface area contributed by atoms with Gasteiger partial charge in [0.2, 0.25) is 0 Å². The molecule has 0 aromatic heterocycles. The number of rotatable bonds is 7. The smallest absolute Gasteiger partial charge is 0.307 e. The highest BCUT2D eigenvalue weighted by molar-refractivity contribution is 5.69. The molecule has 0 N–H and O–H groups in total. The van der Waals surface area contributed by atoms with Gasteiger partial charge in [0.05, 0.1) is 20.1 Å². The average molecular weight is 203 g/mol. The van der Waals surface area contributed by atoms with Gasteiger partial charge in [0.15, 0.2) is 0 Å². The van der Waals surface area contributed by atoms with Crippen LogP contribution in [0.2, 0.25) is 0 Å². The number of methoxy groups -OCH3 is 2. The average Bonchev–Trinajstić information content (AvgIpc) is 2.18. The second-order valence-electron chi connectivity index (χ2n) is 3.25. The van der Waals surface area contributed by atoms with Crippen LogP contribution in [0.25, 0.3) is 0 Å². The van der Waals surface area contributed by atoms with E-state index in [4.69, 9.17) is 4.74 Å². The third kappa shape index (κ3) is 5.19. The number of carbonyl (C=O) groups excluding carboxylic acids is 1. The molecule has 0 aromatic rings. The van der Waals surface area contributed by atoms with Crippen LogP contribution >= 0.6 is 0 Å². The van der Waals surface area contributed by atoms with Crippen molar-refractivity contribution in [1.29, 1.82) is 0 Å². The summed E-state index contributed by atoms with van der Waals surface area (Å²) in [5, 5.41) is 0. The van der Waals surface area contributed by atoms with Crippen molar-refractivity contribution in [3.05, 3.63) is 0 Å².